The van der Waals surface area contributed by atoms with Crippen LogP contribution in [0, 0.1) is 28.6 Å². The molecule has 168 valence electrons. The van der Waals surface area contributed by atoms with E-state index in [1.54, 1.807) is 0 Å². The number of rotatable bonds is 8. The van der Waals surface area contributed by atoms with Crippen molar-refractivity contribution >= 4 is 5.91 Å². The average molecular weight is 417 g/mol. The molecule has 0 aromatic carbocycles. The summed E-state index contributed by atoms with van der Waals surface area (Å²) < 4.78 is 11.6. The molecule has 0 aromatic heterocycles. The molecule has 6 aliphatic rings. The summed E-state index contributed by atoms with van der Waals surface area (Å²) in [6, 6.07) is 0.328. The minimum absolute atomic E-state index is 0.328. The lowest BCUT2D eigenvalue weighted by Crippen LogP contribution is -2.59. The number of amides is 1. The minimum atomic E-state index is 0.328. The van der Waals surface area contributed by atoms with E-state index in [-0.39, 0.29) is 0 Å². The highest BCUT2D eigenvalue weighted by Crippen LogP contribution is 2.85. The molecule has 30 heavy (non-hydrogen) atoms. The minimum Gasteiger partial charge on any atom is -0.379 e. The van der Waals surface area contributed by atoms with Gasteiger partial charge in [0.2, 0.25) is 5.91 Å². The third-order valence-electron chi connectivity index (χ3n) is 10.1. The van der Waals surface area contributed by atoms with Crippen molar-refractivity contribution in [1.82, 2.24) is 10.2 Å². The van der Waals surface area contributed by atoms with Crippen molar-refractivity contribution in [1.29, 1.82) is 0 Å². The van der Waals surface area contributed by atoms with Crippen molar-refractivity contribution in [3.05, 3.63) is 0 Å². The van der Waals surface area contributed by atoms with Crippen molar-refractivity contribution in [2.24, 2.45) is 28.6 Å². The SMILES string of the molecule is O=C(CC12CC3CC4CC(C1)C43C2)NC1CCCC(OCCCN2CCOCC2)C1. The molecular weight excluding hydrogens is 376 g/mol. The molecular formula is C25H40N2O3. The molecule has 1 saturated heterocycles. The molecule has 5 heteroatoms. The first-order valence-electron chi connectivity index (χ1n) is 12.9. The molecule has 6 fully saturated rings. The van der Waals surface area contributed by atoms with Crippen LogP contribution in [0.15, 0.2) is 0 Å². The van der Waals surface area contributed by atoms with Gasteiger partial charge in [-0.05, 0) is 92.8 Å². The van der Waals surface area contributed by atoms with Crippen LogP contribution >= 0.6 is 0 Å². The smallest absolute Gasteiger partial charge is 0.220 e. The summed E-state index contributed by atoms with van der Waals surface area (Å²) >= 11 is 0. The molecule has 1 N–H and O–H groups in total. The summed E-state index contributed by atoms with van der Waals surface area (Å²) in [5.41, 5.74) is 1.10. The Morgan fingerprint density at radius 2 is 1.87 bits per heavy atom. The van der Waals surface area contributed by atoms with E-state index in [4.69, 9.17) is 9.47 Å². The van der Waals surface area contributed by atoms with Crippen LogP contribution in [0.5, 0.6) is 0 Å². The van der Waals surface area contributed by atoms with E-state index in [0.29, 0.717) is 23.5 Å². The van der Waals surface area contributed by atoms with E-state index in [2.05, 4.69) is 10.2 Å². The normalized spacial score (nSPS) is 46.7. The number of ether oxygens (including phenoxy) is 2. The van der Waals surface area contributed by atoms with Gasteiger partial charge in [0.25, 0.3) is 0 Å². The molecule has 4 unspecified atom stereocenters. The summed E-state index contributed by atoms with van der Waals surface area (Å²) in [5.74, 6) is 3.34. The number of fused-ring (bicyclic) bond motifs is 1. The highest BCUT2D eigenvalue weighted by molar-refractivity contribution is 5.77. The van der Waals surface area contributed by atoms with Gasteiger partial charge in [0.1, 0.15) is 0 Å². The lowest BCUT2D eigenvalue weighted by Gasteiger charge is -2.66. The first kappa shape index (κ1) is 20.0. The fourth-order valence-corrected chi connectivity index (χ4v) is 8.86. The van der Waals surface area contributed by atoms with E-state index >= 15 is 0 Å². The van der Waals surface area contributed by atoms with Gasteiger partial charge in [-0.25, -0.2) is 0 Å². The molecule has 1 spiro atoms. The Morgan fingerprint density at radius 3 is 2.60 bits per heavy atom. The van der Waals surface area contributed by atoms with Crippen LogP contribution in [0.3, 0.4) is 0 Å². The predicted molar refractivity (Wildman–Crippen MR) is 115 cm³/mol. The van der Waals surface area contributed by atoms with Gasteiger partial charge < -0.3 is 14.8 Å². The van der Waals surface area contributed by atoms with Crippen LogP contribution in [0.25, 0.3) is 0 Å². The van der Waals surface area contributed by atoms with Crippen molar-refractivity contribution in [2.75, 3.05) is 39.5 Å². The molecule has 4 atom stereocenters. The molecule has 5 aliphatic carbocycles. The van der Waals surface area contributed by atoms with Gasteiger partial charge in [0.15, 0.2) is 0 Å². The van der Waals surface area contributed by atoms with Crippen LogP contribution in [-0.2, 0) is 14.3 Å². The molecule has 2 bridgehead atoms. The van der Waals surface area contributed by atoms with Gasteiger partial charge in [-0.3, -0.25) is 9.69 Å². The Labute approximate surface area is 181 Å². The molecule has 1 heterocycles. The molecule has 5 nitrogen and oxygen atoms in total. The summed E-state index contributed by atoms with van der Waals surface area (Å²) in [6.07, 6.45) is 13.7. The Bertz CT molecular complexity index is 645. The topological polar surface area (TPSA) is 50.8 Å². The first-order valence-corrected chi connectivity index (χ1v) is 12.9. The van der Waals surface area contributed by atoms with E-state index in [0.717, 1.165) is 94.7 Å². The maximum Gasteiger partial charge on any atom is 0.220 e. The first-order chi connectivity index (χ1) is 14.7. The zero-order chi connectivity index (χ0) is 20.2. The molecule has 0 aromatic rings. The standard InChI is InChI=1S/C25H40N2O3/c28-23(16-24-14-19-11-18-12-20(15-24)25(18,19)17-24)26-21-3-1-4-22(13-21)30-8-2-5-27-6-9-29-10-7-27/h18-22H,1-17H2,(H,26,28). The van der Waals surface area contributed by atoms with Gasteiger partial charge in [0.05, 0.1) is 19.3 Å². The Balaban J connectivity index is 0.926. The molecule has 0 radical (unpaired) electrons. The number of nitrogens with zero attached hydrogens (tertiary/aromatic N) is 1. The molecule has 1 amide bonds. The molecule has 5 saturated carbocycles. The quantitative estimate of drug-likeness (QED) is 0.617. The predicted octanol–water partition coefficient (Wildman–Crippen LogP) is 3.37. The zero-order valence-electron chi connectivity index (χ0n) is 18.6. The Morgan fingerprint density at radius 1 is 1.07 bits per heavy atom. The Hall–Kier alpha value is -0.650. The van der Waals surface area contributed by atoms with E-state index in [1.807, 2.05) is 0 Å². The Kier molecular flexibility index (Phi) is 5.16. The van der Waals surface area contributed by atoms with Crippen molar-refractivity contribution in [3.63, 3.8) is 0 Å². The van der Waals surface area contributed by atoms with E-state index in [1.165, 1.54) is 38.5 Å². The van der Waals surface area contributed by atoms with Gasteiger partial charge in [-0.2, -0.15) is 0 Å². The monoisotopic (exact) mass is 416 g/mol. The lowest BCUT2D eigenvalue weighted by atomic mass is 9.38. The zero-order valence-corrected chi connectivity index (χ0v) is 18.6. The van der Waals surface area contributed by atoms with Gasteiger partial charge in [-0.1, -0.05) is 0 Å². The van der Waals surface area contributed by atoms with Crippen LogP contribution in [-0.4, -0.2) is 62.4 Å². The highest BCUT2D eigenvalue weighted by Gasteiger charge is 2.77. The number of carbonyl (C=O) groups excluding carboxylic acids is 1. The summed E-state index contributed by atoms with van der Waals surface area (Å²) in [4.78, 5) is 15.5. The fraction of sp³-hybridized carbons (Fsp3) is 0.960. The summed E-state index contributed by atoms with van der Waals surface area (Å²) in [6.45, 7) is 5.81. The largest absolute Gasteiger partial charge is 0.379 e. The third kappa shape index (κ3) is 3.34. The van der Waals surface area contributed by atoms with Crippen LogP contribution < -0.4 is 5.32 Å². The number of morpholine rings is 1. The third-order valence-corrected chi connectivity index (χ3v) is 10.1. The van der Waals surface area contributed by atoms with Crippen molar-refractivity contribution < 1.29 is 14.3 Å². The van der Waals surface area contributed by atoms with Gasteiger partial charge >= 0.3 is 0 Å². The van der Waals surface area contributed by atoms with E-state index in [9.17, 15) is 4.79 Å². The maximum absolute atomic E-state index is 13.0. The van der Waals surface area contributed by atoms with Crippen LogP contribution in [0.1, 0.15) is 70.6 Å². The number of carbonyl (C=O) groups is 1. The van der Waals surface area contributed by atoms with Crippen molar-refractivity contribution in [2.45, 2.75) is 82.8 Å². The van der Waals surface area contributed by atoms with Crippen molar-refractivity contribution in [3.8, 4) is 0 Å². The van der Waals surface area contributed by atoms with Gasteiger partial charge in [0, 0.05) is 38.7 Å². The second-order valence-electron chi connectivity index (χ2n) is 11.7. The molecule has 6 rings (SSSR count). The molecule has 1 aliphatic heterocycles. The maximum atomic E-state index is 13.0. The number of nitrogens with one attached hydrogen (secondary N) is 1. The van der Waals surface area contributed by atoms with Crippen LogP contribution in [0.4, 0.5) is 0 Å². The summed E-state index contributed by atoms with van der Waals surface area (Å²) in [7, 11) is 0. The second-order valence-corrected chi connectivity index (χ2v) is 11.7. The van der Waals surface area contributed by atoms with E-state index < -0.39 is 0 Å². The second kappa shape index (κ2) is 7.74. The lowest BCUT2D eigenvalue weighted by molar-refractivity contribution is -0.177. The number of hydrogen-bond acceptors (Lipinski definition) is 4. The highest BCUT2D eigenvalue weighted by atomic mass is 16.5. The van der Waals surface area contributed by atoms with Gasteiger partial charge in [-0.15, -0.1) is 0 Å². The fourth-order valence-electron chi connectivity index (χ4n) is 8.86. The number of hydrogen-bond donors (Lipinski definition) is 1. The average Bonchev–Trinajstić information content (AvgIpc) is 3.19. The van der Waals surface area contributed by atoms with Crippen LogP contribution in [0.2, 0.25) is 0 Å². The summed E-state index contributed by atoms with van der Waals surface area (Å²) in [5, 5.41) is 3.43.